The van der Waals surface area contributed by atoms with E-state index in [1.165, 1.54) is 0 Å². The number of nitrogens with one attached hydrogen (secondary N) is 2. The van der Waals surface area contributed by atoms with E-state index in [2.05, 4.69) is 15.0 Å². The molecule has 0 aliphatic carbocycles. The molecular formula is C21H17N3O4S. The van der Waals surface area contributed by atoms with Crippen LogP contribution in [0.2, 0.25) is 0 Å². The fraction of sp³-hybridized carbons (Fsp3) is 0.0476. The van der Waals surface area contributed by atoms with Crippen molar-refractivity contribution in [3.05, 3.63) is 78.8 Å². The van der Waals surface area contributed by atoms with Crippen molar-refractivity contribution >= 4 is 38.3 Å². The van der Waals surface area contributed by atoms with Crippen LogP contribution in [0.3, 0.4) is 0 Å². The van der Waals surface area contributed by atoms with Gasteiger partial charge in [-0.15, -0.1) is 0 Å². The number of para-hydroxylation sites is 1. The van der Waals surface area contributed by atoms with Gasteiger partial charge in [0.25, 0.3) is 5.91 Å². The smallest absolute Gasteiger partial charge is 0.259 e. The van der Waals surface area contributed by atoms with E-state index in [1.807, 2.05) is 18.2 Å². The van der Waals surface area contributed by atoms with Gasteiger partial charge < -0.3 is 9.73 Å². The number of anilines is 2. The number of aromatic nitrogens is 1. The third-order valence-electron chi connectivity index (χ3n) is 4.24. The van der Waals surface area contributed by atoms with Gasteiger partial charge in [0.05, 0.1) is 23.8 Å². The molecule has 146 valence electrons. The van der Waals surface area contributed by atoms with Crippen LogP contribution in [0.25, 0.3) is 22.1 Å². The van der Waals surface area contributed by atoms with Crippen LogP contribution in [0.4, 0.5) is 11.4 Å². The minimum absolute atomic E-state index is 0.361. The quantitative estimate of drug-likeness (QED) is 0.518. The lowest BCUT2D eigenvalue weighted by atomic mass is 10.0. The summed E-state index contributed by atoms with van der Waals surface area (Å²) in [4.78, 5) is 17.0. The van der Waals surface area contributed by atoms with Crippen LogP contribution in [-0.4, -0.2) is 25.6 Å². The zero-order valence-electron chi connectivity index (χ0n) is 15.4. The van der Waals surface area contributed by atoms with Crippen LogP contribution in [0, 0.1) is 0 Å². The highest BCUT2D eigenvalue weighted by Gasteiger charge is 2.16. The first-order valence-corrected chi connectivity index (χ1v) is 10.6. The van der Waals surface area contributed by atoms with E-state index in [0.717, 1.165) is 22.8 Å². The number of hydrogen-bond acceptors (Lipinski definition) is 5. The number of hydrogen-bond donors (Lipinski definition) is 2. The molecule has 0 saturated heterocycles. The number of carbonyl (C=O) groups is 1. The van der Waals surface area contributed by atoms with Gasteiger partial charge in [-0.3, -0.25) is 14.5 Å². The highest BCUT2D eigenvalue weighted by atomic mass is 32.2. The standard InChI is InChI=1S/C21H17N3O4S/c1-29(26,27)24-16-7-2-6-15(11-16)23-21(25)18-9-3-8-17-19(13-28-20(17)18)14-5-4-10-22-12-14/h2-13,24H,1H3,(H,23,25). The molecule has 4 rings (SSSR count). The fourth-order valence-electron chi connectivity index (χ4n) is 3.05. The van der Waals surface area contributed by atoms with Gasteiger partial charge in [0.2, 0.25) is 10.0 Å². The SMILES string of the molecule is CS(=O)(=O)Nc1cccc(NC(=O)c2cccc3c(-c4cccnc4)coc23)c1. The van der Waals surface area contributed by atoms with Gasteiger partial charge in [-0.25, -0.2) is 8.42 Å². The first-order valence-electron chi connectivity index (χ1n) is 8.70. The normalized spacial score (nSPS) is 11.3. The molecular weight excluding hydrogens is 390 g/mol. The molecule has 1 amide bonds. The number of rotatable bonds is 5. The Balaban J connectivity index is 1.65. The van der Waals surface area contributed by atoms with Crippen molar-refractivity contribution in [2.24, 2.45) is 0 Å². The third kappa shape index (κ3) is 4.12. The van der Waals surface area contributed by atoms with Gasteiger partial charge in [-0.1, -0.05) is 24.3 Å². The molecule has 0 aliphatic heterocycles. The average molecular weight is 407 g/mol. The highest BCUT2D eigenvalue weighted by Crippen LogP contribution is 2.32. The summed E-state index contributed by atoms with van der Waals surface area (Å²) in [6, 6.07) is 15.6. The van der Waals surface area contributed by atoms with Gasteiger partial charge in [-0.2, -0.15) is 0 Å². The van der Waals surface area contributed by atoms with Crippen molar-refractivity contribution < 1.29 is 17.6 Å². The average Bonchev–Trinajstić information content (AvgIpc) is 3.11. The first-order chi connectivity index (χ1) is 13.9. The molecule has 29 heavy (non-hydrogen) atoms. The lowest BCUT2D eigenvalue weighted by Crippen LogP contribution is -2.13. The number of nitrogens with zero attached hydrogens (tertiary/aromatic N) is 1. The Kier molecular flexibility index (Phi) is 4.77. The van der Waals surface area contributed by atoms with E-state index in [9.17, 15) is 13.2 Å². The summed E-state index contributed by atoms with van der Waals surface area (Å²) < 4.78 is 30.9. The van der Waals surface area contributed by atoms with Crippen LogP contribution in [0.1, 0.15) is 10.4 Å². The Morgan fingerprint density at radius 1 is 1.03 bits per heavy atom. The molecule has 0 radical (unpaired) electrons. The van der Waals surface area contributed by atoms with Gasteiger partial charge in [0.15, 0.2) is 0 Å². The predicted molar refractivity (Wildman–Crippen MR) is 112 cm³/mol. The van der Waals surface area contributed by atoms with Crippen LogP contribution >= 0.6 is 0 Å². The number of furan rings is 1. The number of fused-ring (bicyclic) bond motifs is 1. The maximum atomic E-state index is 12.8. The predicted octanol–water partition coefficient (Wildman–Crippen LogP) is 4.12. The minimum Gasteiger partial charge on any atom is -0.463 e. The Morgan fingerprint density at radius 3 is 2.59 bits per heavy atom. The third-order valence-corrected chi connectivity index (χ3v) is 4.85. The Labute approximate surface area is 167 Å². The molecule has 0 atom stereocenters. The van der Waals surface area contributed by atoms with Crippen molar-refractivity contribution in [2.45, 2.75) is 0 Å². The number of pyridine rings is 1. The van der Waals surface area contributed by atoms with Crippen LogP contribution in [-0.2, 0) is 10.0 Å². The summed E-state index contributed by atoms with van der Waals surface area (Å²) in [5.74, 6) is -0.362. The minimum atomic E-state index is -3.41. The van der Waals surface area contributed by atoms with Gasteiger partial charge >= 0.3 is 0 Å². The number of amides is 1. The fourth-order valence-corrected chi connectivity index (χ4v) is 3.61. The second-order valence-electron chi connectivity index (χ2n) is 6.48. The zero-order valence-corrected chi connectivity index (χ0v) is 16.2. The summed E-state index contributed by atoms with van der Waals surface area (Å²) in [6.45, 7) is 0. The maximum absolute atomic E-state index is 12.8. The van der Waals surface area contributed by atoms with E-state index in [4.69, 9.17) is 4.42 Å². The number of benzene rings is 2. The van der Waals surface area contributed by atoms with Crippen molar-refractivity contribution in [3.63, 3.8) is 0 Å². The Morgan fingerprint density at radius 2 is 1.83 bits per heavy atom. The molecule has 2 aromatic carbocycles. The van der Waals surface area contributed by atoms with Crippen LogP contribution < -0.4 is 10.0 Å². The summed E-state index contributed by atoms with van der Waals surface area (Å²) in [5.41, 5.74) is 3.40. The summed E-state index contributed by atoms with van der Waals surface area (Å²) in [7, 11) is -3.41. The molecule has 0 bridgehead atoms. The van der Waals surface area contributed by atoms with E-state index in [0.29, 0.717) is 22.5 Å². The molecule has 0 fully saturated rings. The molecule has 2 heterocycles. The molecule has 0 unspecified atom stereocenters. The Hall–Kier alpha value is -3.65. The summed E-state index contributed by atoms with van der Waals surface area (Å²) in [6.07, 6.45) is 6.10. The molecule has 8 heteroatoms. The van der Waals surface area contributed by atoms with Crippen molar-refractivity contribution in [1.82, 2.24) is 4.98 Å². The number of carbonyl (C=O) groups excluding carboxylic acids is 1. The van der Waals surface area contributed by atoms with E-state index in [1.54, 1.807) is 55.1 Å². The van der Waals surface area contributed by atoms with Crippen molar-refractivity contribution in [1.29, 1.82) is 0 Å². The molecule has 0 aliphatic rings. The van der Waals surface area contributed by atoms with Gasteiger partial charge in [-0.05, 0) is 30.3 Å². The largest absolute Gasteiger partial charge is 0.463 e. The maximum Gasteiger partial charge on any atom is 0.259 e. The van der Waals surface area contributed by atoms with Crippen molar-refractivity contribution in [2.75, 3.05) is 16.3 Å². The summed E-state index contributed by atoms with van der Waals surface area (Å²) >= 11 is 0. The molecule has 7 nitrogen and oxygen atoms in total. The second-order valence-corrected chi connectivity index (χ2v) is 8.23. The highest BCUT2D eigenvalue weighted by molar-refractivity contribution is 7.92. The molecule has 0 saturated carbocycles. The van der Waals surface area contributed by atoms with Gasteiger partial charge in [0.1, 0.15) is 5.58 Å². The molecule has 2 aromatic heterocycles. The van der Waals surface area contributed by atoms with E-state index < -0.39 is 10.0 Å². The topological polar surface area (TPSA) is 101 Å². The van der Waals surface area contributed by atoms with Gasteiger partial charge in [0, 0.05) is 34.6 Å². The molecule has 2 N–H and O–H groups in total. The monoisotopic (exact) mass is 407 g/mol. The molecule has 4 aromatic rings. The first kappa shape index (κ1) is 18.7. The van der Waals surface area contributed by atoms with Crippen LogP contribution in [0.15, 0.2) is 77.7 Å². The Bertz CT molecular complexity index is 1300. The lowest BCUT2D eigenvalue weighted by molar-refractivity contribution is 0.102. The molecule has 0 spiro atoms. The second kappa shape index (κ2) is 7.40. The van der Waals surface area contributed by atoms with E-state index in [-0.39, 0.29) is 5.91 Å². The van der Waals surface area contributed by atoms with Crippen molar-refractivity contribution in [3.8, 4) is 11.1 Å². The van der Waals surface area contributed by atoms with E-state index >= 15 is 0 Å². The summed E-state index contributed by atoms with van der Waals surface area (Å²) in [5, 5.41) is 3.58. The zero-order chi connectivity index (χ0) is 20.4. The lowest BCUT2D eigenvalue weighted by Gasteiger charge is -2.09. The number of sulfonamides is 1. The van der Waals surface area contributed by atoms with Crippen LogP contribution in [0.5, 0.6) is 0 Å².